The van der Waals surface area contributed by atoms with Gasteiger partial charge >= 0.3 is 0 Å². The third kappa shape index (κ3) is 2.23. The molecule has 0 saturated carbocycles. The lowest BCUT2D eigenvalue weighted by atomic mass is 10.1. The average molecular weight is 235 g/mol. The van der Waals surface area contributed by atoms with Crippen LogP contribution in [0.5, 0.6) is 0 Å². The van der Waals surface area contributed by atoms with Crippen molar-refractivity contribution in [2.45, 2.75) is 6.42 Å². The summed E-state index contributed by atoms with van der Waals surface area (Å²) in [6.07, 6.45) is 3.00. The predicted molar refractivity (Wildman–Crippen MR) is 72.4 cm³/mol. The van der Waals surface area contributed by atoms with E-state index in [2.05, 4.69) is 40.4 Å². The van der Waals surface area contributed by atoms with Gasteiger partial charge in [0.05, 0.1) is 6.54 Å². The van der Waals surface area contributed by atoms with Gasteiger partial charge in [0.1, 0.15) is 0 Å². The molecule has 4 heteroatoms. The first-order valence-electron chi connectivity index (χ1n) is 5.50. The maximum atomic E-state index is 5.64. The van der Waals surface area contributed by atoms with Crippen LogP contribution in [0, 0.1) is 0 Å². The summed E-state index contributed by atoms with van der Waals surface area (Å²) in [7, 11) is 0. The number of benzene rings is 1. The molecule has 0 fully saturated rings. The number of hydrogen-bond acceptors (Lipinski definition) is 4. The fourth-order valence-corrected chi connectivity index (χ4v) is 2.60. The highest BCUT2D eigenvalue weighted by molar-refractivity contribution is 8.13. The molecule has 1 aliphatic heterocycles. The number of thioether (sulfide) groups is 1. The zero-order chi connectivity index (χ0) is 11.4. The summed E-state index contributed by atoms with van der Waals surface area (Å²) in [4.78, 5) is 6.77. The summed E-state index contributed by atoms with van der Waals surface area (Å²) in [5.74, 6) is 0. The van der Waals surface area contributed by atoms with Crippen LogP contribution in [0.2, 0.25) is 0 Å². The largest absolute Gasteiger partial charge is 0.330 e. The standard InChI is InChI=1S/C12H17N3S/c1-16-12-14-8-9-15(12)11-5-3-2-4-10(11)6-7-13/h2-5H,6-9,13H2,1H3. The van der Waals surface area contributed by atoms with Gasteiger partial charge in [-0.3, -0.25) is 4.99 Å². The zero-order valence-electron chi connectivity index (χ0n) is 9.52. The van der Waals surface area contributed by atoms with E-state index >= 15 is 0 Å². The van der Waals surface area contributed by atoms with Crippen molar-refractivity contribution < 1.29 is 0 Å². The number of para-hydroxylation sites is 1. The van der Waals surface area contributed by atoms with Crippen LogP contribution in [0.15, 0.2) is 29.3 Å². The van der Waals surface area contributed by atoms with Crippen LogP contribution in [0.3, 0.4) is 0 Å². The molecule has 0 radical (unpaired) electrons. The number of hydrogen-bond donors (Lipinski definition) is 1. The van der Waals surface area contributed by atoms with E-state index in [1.165, 1.54) is 11.3 Å². The van der Waals surface area contributed by atoms with Gasteiger partial charge in [0, 0.05) is 12.2 Å². The lowest BCUT2D eigenvalue weighted by Gasteiger charge is -2.22. The van der Waals surface area contributed by atoms with Crippen molar-refractivity contribution in [2.24, 2.45) is 10.7 Å². The molecule has 86 valence electrons. The smallest absolute Gasteiger partial charge is 0.163 e. The maximum Gasteiger partial charge on any atom is 0.163 e. The molecule has 0 spiro atoms. The van der Waals surface area contributed by atoms with E-state index in [0.29, 0.717) is 6.54 Å². The highest BCUT2D eigenvalue weighted by atomic mass is 32.2. The van der Waals surface area contributed by atoms with Gasteiger partial charge in [-0.2, -0.15) is 0 Å². The van der Waals surface area contributed by atoms with Crippen molar-refractivity contribution in [3.8, 4) is 0 Å². The number of amidine groups is 1. The summed E-state index contributed by atoms with van der Waals surface area (Å²) in [6, 6.07) is 8.45. The first kappa shape index (κ1) is 11.5. The SMILES string of the molecule is CSC1=NCCN1c1ccccc1CCN. The first-order valence-corrected chi connectivity index (χ1v) is 6.73. The zero-order valence-corrected chi connectivity index (χ0v) is 10.3. The molecule has 16 heavy (non-hydrogen) atoms. The van der Waals surface area contributed by atoms with Crippen molar-refractivity contribution in [1.29, 1.82) is 0 Å². The summed E-state index contributed by atoms with van der Waals surface area (Å²) in [5, 5.41) is 1.12. The Morgan fingerprint density at radius 3 is 3.00 bits per heavy atom. The molecule has 1 aliphatic rings. The van der Waals surface area contributed by atoms with Crippen molar-refractivity contribution in [3.05, 3.63) is 29.8 Å². The Morgan fingerprint density at radius 1 is 1.44 bits per heavy atom. The normalized spacial score (nSPS) is 15.4. The Bertz CT molecular complexity index is 390. The Kier molecular flexibility index (Phi) is 3.85. The van der Waals surface area contributed by atoms with E-state index in [0.717, 1.165) is 24.7 Å². The minimum atomic E-state index is 0.691. The molecule has 0 amide bonds. The van der Waals surface area contributed by atoms with Gasteiger partial charge in [0.15, 0.2) is 5.17 Å². The van der Waals surface area contributed by atoms with Gasteiger partial charge in [0.25, 0.3) is 0 Å². The third-order valence-corrected chi connectivity index (χ3v) is 3.39. The number of nitrogens with two attached hydrogens (primary N) is 1. The Morgan fingerprint density at radius 2 is 2.25 bits per heavy atom. The van der Waals surface area contributed by atoms with Crippen LogP contribution in [0.1, 0.15) is 5.56 Å². The second kappa shape index (κ2) is 5.37. The fourth-order valence-electron chi connectivity index (χ4n) is 1.97. The molecule has 1 heterocycles. The number of nitrogens with zero attached hydrogens (tertiary/aromatic N) is 2. The molecule has 1 aromatic rings. The van der Waals surface area contributed by atoms with Gasteiger partial charge in [-0.15, -0.1) is 0 Å². The van der Waals surface area contributed by atoms with Crippen LogP contribution in [-0.4, -0.2) is 31.1 Å². The van der Waals surface area contributed by atoms with Crippen LogP contribution in [0.4, 0.5) is 5.69 Å². The second-order valence-electron chi connectivity index (χ2n) is 3.69. The van der Waals surface area contributed by atoms with Crippen LogP contribution < -0.4 is 10.6 Å². The number of rotatable bonds is 3. The molecule has 0 bridgehead atoms. The van der Waals surface area contributed by atoms with Crippen LogP contribution in [0.25, 0.3) is 0 Å². The molecular weight excluding hydrogens is 218 g/mol. The number of anilines is 1. The molecule has 3 nitrogen and oxygen atoms in total. The molecular formula is C12H17N3S. The van der Waals surface area contributed by atoms with Crippen molar-refractivity contribution in [1.82, 2.24) is 0 Å². The predicted octanol–water partition coefficient (Wildman–Crippen LogP) is 1.73. The van der Waals surface area contributed by atoms with Crippen LogP contribution >= 0.6 is 11.8 Å². The van der Waals surface area contributed by atoms with Crippen molar-refractivity contribution in [3.63, 3.8) is 0 Å². The molecule has 2 N–H and O–H groups in total. The second-order valence-corrected chi connectivity index (χ2v) is 4.46. The van der Waals surface area contributed by atoms with E-state index < -0.39 is 0 Å². The Hall–Kier alpha value is -1.00. The van der Waals surface area contributed by atoms with Gasteiger partial charge in [-0.1, -0.05) is 30.0 Å². The highest BCUT2D eigenvalue weighted by Crippen LogP contribution is 2.25. The van der Waals surface area contributed by atoms with Gasteiger partial charge in [-0.05, 0) is 30.9 Å². The highest BCUT2D eigenvalue weighted by Gasteiger charge is 2.19. The maximum absolute atomic E-state index is 5.64. The van der Waals surface area contributed by atoms with E-state index in [9.17, 15) is 0 Å². The van der Waals surface area contributed by atoms with Crippen molar-refractivity contribution >= 4 is 22.6 Å². The van der Waals surface area contributed by atoms with Gasteiger partial charge in [-0.25, -0.2) is 0 Å². The molecule has 0 atom stereocenters. The third-order valence-electron chi connectivity index (χ3n) is 2.68. The molecule has 0 aromatic heterocycles. The van der Waals surface area contributed by atoms with E-state index in [-0.39, 0.29) is 0 Å². The first-order chi connectivity index (χ1) is 7.86. The lowest BCUT2D eigenvalue weighted by Crippen LogP contribution is -2.26. The minimum Gasteiger partial charge on any atom is -0.330 e. The molecule has 0 saturated heterocycles. The Labute approximate surface area is 101 Å². The number of aliphatic imine (C=N–C) groups is 1. The molecule has 1 aromatic carbocycles. The monoisotopic (exact) mass is 235 g/mol. The molecule has 0 unspecified atom stereocenters. The quantitative estimate of drug-likeness (QED) is 0.867. The molecule has 0 aliphatic carbocycles. The minimum absolute atomic E-state index is 0.691. The summed E-state index contributed by atoms with van der Waals surface area (Å²) in [6.45, 7) is 2.57. The van der Waals surface area contributed by atoms with E-state index in [4.69, 9.17) is 5.73 Å². The van der Waals surface area contributed by atoms with E-state index in [1.807, 2.05) is 0 Å². The van der Waals surface area contributed by atoms with Gasteiger partial charge in [0.2, 0.25) is 0 Å². The van der Waals surface area contributed by atoms with E-state index in [1.54, 1.807) is 11.8 Å². The Balaban J connectivity index is 2.29. The summed E-state index contributed by atoms with van der Waals surface area (Å²) >= 11 is 1.71. The summed E-state index contributed by atoms with van der Waals surface area (Å²) in [5.41, 5.74) is 8.22. The van der Waals surface area contributed by atoms with Gasteiger partial charge < -0.3 is 10.6 Å². The topological polar surface area (TPSA) is 41.6 Å². The van der Waals surface area contributed by atoms with Crippen molar-refractivity contribution in [2.75, 3.05) is 30.8 Å². The lowest BCUT2D eigenvalue weighted by molar-refractivity contribution is 0.950. The summed E-state index contributed by atoms with van der Waals surface area (Å²) < 4.78 is 0. The average Bonchev–Trinajstić information content (AvgIpc) is 2.78. The van der Waals surface area contributed by atoms with Crippen LogP contribution in [-0.2, 0) is 6.42 Å². The fraction of sp³-hybridized carbons (Fsp3) is 0.417. The molecule has 2 rings (SSSR count).